The summed E-state index contributed by atoms with van der Waals surface area (Å²) in [6.45, 7) is 0. The first kappa shape index (κ1) is 9.32. The van der Waals surface area contributed by atoms with Gasteiger partial charge in [-0.25, -0.2) is 13.9 Å². The Kier molecular flexibility index (Phi) is 2.17. The Balaban J connectivity index is 2.52. The van der Waals surface area contributed by atoms with Gasteiger partial charge in [0, 0.05) is 0 Å². The van der Waals surface area contributed by atoms with Crippen molar-refractivity contribution in [3.8, 4) is 5.69 Å². The van der Waals surface area contributed by atoms with Gasteiger partial charge in [-0.2, -0.15) is 0 Å². The fourth-order valence-corrected chi connectivity index (χ4v) is 1.17. The summed E-state index contributed by atoms with van der Waals surface area (Å²) >= 11 is 0. The lowest BCUT2D eigenvalue weighted by Gasteiger charge is -2.02. The van der Waals surface area contributed by atoms with Gasteiger partial charge in [-0.05, 0) is 18.2 Å². The molecule has 0 unspecified atom stereocenters. The van der Waals surface area contributed by atoms with Crippen molar-refractivity contribution >= 4 is 5.97 Å². The first-order chi connectivity index (χ1) is 7.18. The van der Waals surface area contributed by atoms with E-state index in [9.17, 15) is 9.18 Å². The molecule has 0 spiro atoms. The van der Waals surface area contributed by atoms with Crippen molar-refractivity contribution in [3.05, 3.63) is 42.0 Å². The lowest BCUT2D eigenvalue weighted by molar-refractivity contribution is 0.0692. The van der Waals surface area contributed by atoms with Crippen molar-refractivity contribution in [1.82, 2.24) is 15.0 Å². The third-order valence-corrected chi connectivity index (χ3v) is 1.87. The first-order valence-corrected chi connectivity index (χ1v) is 4.08. The third-order valence-electron chi connectivity index (χ3n) is 1.87. The molecule has 1 aromatic heterocycles. The number of hydrogen-bond acceptors (Lipinski definition) is 3. The largest absolute Gasteiger partial charge is 0.478 e. The maximum Gasteiger partial charge on any atom is 0.338 e. The molecule has 0 aliphatic rings. The van der Waals surface area contributed by atoms with E-state index in [0.29, 0.717) is 5.69 Å². The molecule has 0 aliphatic carbocycles. The van der Waals surface area contributed by atoms with Crippen LogP contribution in [0.15, 0.2) is 30.6 Å². The fraction of sp³-hybridized carbons (Fsp3) is 0. The molecule has 0 radical (unpaired) electrons. The van der Waals surface area contributed by atoms with E-state index in [2.05, 4.69) is 10.3 Å². The summed E-state index contributed by atoms with van der Waals surface area (Å²) < 4.78 is 14.4. The van der Waals surface area contributed by atoms with E-state index < -0.39 is 11.8 Å². The van der Waals surface area contributed by atoms with Crippen LogP contribution in [0.25, 0.3) is 5.69 Å². The Morgan fingerprint density at radius 1 is 1.47 bits per heavy atom. The van der Waals surface area contributed by atoms with E-state index in [-0.39, 0.29) is 5.56 Å². The van der Waals surface area contributed by atoms with Crippen molar-refractivity contribution in [1.29, 1.82) is 0 Å². The monoisotopic (exact) mass is 207 g/mol. The van der Waals surface area contributed by atoms with Gasteiger partial charge in [-0.1, -0.05) is 5.21 Å². The zero-order chi connectivity index (χ0) is 10.8. The Morgan fingerprint density at radius 2 is 2.27 bits per heavy atom. The highest BCUT2D eigenvalue weighted by Crippen LogP contribution is 2.13. The first-order valence-electron chi connectivity index (χ1n) is 4.08. The van der Waals surface area contributed by atoms with Crippen LogP contribution in [0.4, 0.5) is 4.39 Å². The van der Waals surface area contributed by atoms with Crippen LogP contribution in [0.2, 0.25) is 0 Å². The standard InChI is InChI=1S/C9H6FN3O2/c10-8-2-1-6(5-7(8)9(14)15)13-4-3-11-12-13/h1-5H,(H,14,15). The molecular formula is C9H6FN3O2. The molecule has 0 atom stereocenters. The highest BCUT2D eigenvalue weighted by atomic mass is 19.1. The van der Waals surface area contributed by atoms with Gasteiger partial charge >= 0.3 is 5.97 Å². The third kappa shape index (κ3) is 1.69. The highest BCUT2D eigenvalue weighted by molar-refractivity contribution is 5.88. The maximum atomic E-state index is 13.0. The number of benzene rings is 1. The molecule has 15 heavy (non-hydrogen) atoms. The van der Waals surface area contributed by atoms with Gasteiger partial charge in [0.2, 0.25) is 0 Å². The average molecular weight is 207 g/mol. The Labute approximate surface area is 83.8 Å². The number of carboxylic acids is 1. The van der Waals surface area contributed by atoms with E-state index >= 15 is 0 Å². The van der Waals surface area contributed by atoms with Gasteiger partial charge in [0.15, 0.2) is 0 Å². The van der Waals surface area contributed by atoms with E-state index in [0.717, 1.165) is 6.07 Å². The van der Waals surface area contributed by atoms with Gasteiger partial charge in [0.05, 0.1) is 23.6 Å². The minimum atomic E-state index is -1.31. The van der Waals surface area contributed by atoms with Crippen LogP contribution in [-0.2, 0) is 0 Å². The molecule has 1 heterocycles. The molecule has 0 saturated carbocycles. The van der Waals surface area contributed by atoms with Crippen molar-refractivity contribution in [2.24, 2.45) is 0 Å². The second kappa shape index (κ2) is 3.49. The number of nitrogens with zero attached hydrogens (tertiary/aromatic N) is 3. The van der Waals surface area contributed by atoms with Crippen LogP contribution in [0.3, 0.4) is 0 Å². The van der Waals surface area contributed by atoms with Gasteiger partial charge in [0.1, 0.15) is 5.82 Å². The van der Waals surface area contributed by atoms with E-state index in [1.54, 1.807) is 6.20 Å². The number of halogens is 1. The van der Waals surface area contributed by atoms with Crippen LogP contribution in [0, 0.1) is 5.82 Å². The average Bonchev–Trinajstić information content (AvgIpc) is 2.71. The molecule has 76 valence electrons. The zero-order valence-electron chi connectivity index (χ0n) is 7.46. The minimum absolute atomic E-state index is 0.386. The van der Waals surface area contributed by atoms with Crippen LogP contribution in [0.1, 0.15) is 10.4 Å². The second-order valence-corrected chi connectivity index (χ2v) is 2.82. The van der Waals surface area contributed by atoms with Crippen molar-refractivity contribution < 1.29 is 14.3 Å². The smallest absolute Gasteiger partial charge is 0.338 e. The van der Waals surface area contributed by atoms with E-state index in [4.69, 9.17) is 5.11 Å². The van der Waals surface area contributed by atoms with Crippen molar-refractivity contribution in [3.63, 3.8) is 0 Å². The molecule has 6 heteroatoms. The SMILES string of the molecule is O=C(O)c1cc(-n2ccnn2)ccc1F. The molecule has 0 bridgehead atoms. The number of hydrogen-bond donors (Lipinski definition) is 1. The lowest BCUT2D eigenvalue weighted by Crippen LogP contribution is -2.03. The van der Waals surface area contributed by atoms with Gasteiger partial charge in [-0.15, -0.1) is 5.10 Å². The molecule has 2 rings (SSSR count). The number of carbonyl (C=O) groups is 1. The summed E-state index contributed by atoms with van der Waals surface area (Å²) in [6, 6.07) is 3.71. The van der Waals surface area contributed by atoms with Gasteiger partial charge in [-0.3, -0.25) is 0 Å². The summed E-state index contributed by atoms with van der Waals surface area (Å²) in [5, 5.41) is 15.9. The van der Waals surface area contributed by atoms with E-state index in [1.165, 1.54) is 23.0 Å². The number of carboxylic acid groups (broad SMARTS) is 1. The lowest BCUT2D eigenvalue weighted by atomic mass is 10.2. The zero-order valence-corrected chi connectivity index (χ0v) is 7.46. The molecule has 1 aromatic carbocycles. The fourth-order valence-electron chi connectivity index (χ4n) is 1.17. The molecule has 1 N–H and O–H groups in total. The molecule has 2 aromatic rings. The Morgan fingerprint density at radius 3 is 2.87 bits per heavy atom. The molecule has 0 saturated heterocycles. The van der Waals surface area contributed by atoms with Crippen LogP contribution < -0.4 is 0 Å². The number of aromatic nitrogens is 3. The summed E-state index contributed by atoms with van der Waals surface area (Å²) in [5.74, 6) is -2.08. The minimum Gasteiger partial charge on any atom is -0.478 e. The quantitative estimate of drug-likeness (QED) is 0.800. The Hall–Kier alpha value is -2.24. The van der Waals surface area contributed by atoms with Crippen molar-refractivity contribution in [2.45, 2.75) is 0 Å². The van der Waals surface area contributed by atoms with Crippen molar-refractivity contribution in [2.75, 3.05) is 0 Å². The molecule has 5 nitrogen and oxygen atoms in total. The summed E-state index contributed by atoms with van der Waals surface area (Å²) in [5.41, 5.74) is 0.0642. The second-order valence-electron chi connectivity index (χ2n) is 2.82. The molecular weight excluding hydrogens is 201 g/mol. The summed E-state index contributed by atoms with van der Waals surface area (Å²) in [6.07, 6.45) is 2.99. The number of rotatable bonds is 2. The number of aromatic carboxylic acids is 1. The predicted octanol–water partition coefficient (Wildman–Crippen LogP) is 1.10. The van der Waals surface area contributed by atoms with Gasteiger partial charge in [0.25, 0.3) is 0 Å². The molecule has 0 aliphatic heterocycles. The topological polar surface area (TPSA) is 68.0 Å². The normalized spacial score (nSPS) is 10.2. The predicted molar refractivity (Wildman–Crippen MR) is 48.3 cm³/mol. The van der Waals surface area contributed by atoms with E-state index in [1.807, 2.05) is 0 Å². The summed E-state index contributed by atoms with van der Waals surface area (Å²) in [4.78, 5) is 10.7. The highest BCUT2D eigenvalue weighted by Gasteiger charge is 2.11. The van der Waals surface area contributed by atoms with Crippen LogP contribution in [0.5, 0.6) is 0 Å². The molecule has 0 fully saturated rings. The Bertz CT molecular complexity index is 496. The molecule has 0 amide bonds. The maximum absolute atomic E-state index is 13.0. The van der Waals surface area contributed by atoms with Gasteiger partial charge < -0.3 is 5.11 Å². The van der Waals surface area contributed by atoms with Crippen LogP contribution in [-0.4, -0.2) is 26.1 Å². The summed E-state index contributed by atoms with van der Waals surface area (Å²) in [7, 11) is 0. The van der Waals surface area contributed by atoms with Crippen LogP contribution >= 0.6 is 0 Å².